The fourth-order valence-corrected chi connectivity index (χ4v) is 6.81. The van der Waals surface area contributed by atoms with Gasteiger partial charge in [0.2, 0.25) is 5.91 Å². The number of halogens is 2. The highest BCUT2D eigenvalue weighted by Gasteiger charge is 2.34. The molecule has 2 aromatic carbocycles. The maximum atomic E-state index is 14.3. The van der Waals surface area contributed by atoms with Crippen LogP contribution in [0.4, 0.5) is 19.3 Å². The van der Waals surface area contributed by atoms with Gasteiger partial charge in [-0.15, -0.1) is 0 Å². The number of carbonyl (C=O) groups excluding carboxylic acids is 2. The number of nitrogens with two attached hydrogens (primary N) is 1. The number of amides is 2. The van der Waals surface area contributed by atoms with Gasteiger partial charge in [-0.05, 0) is 119 Å². The first-order valence-corrected chi connectivity index (χ1v) is 17.4. The average Bonchev–Trinajstić information content (AvgIpc) is 3.10. The summed E-state index contributed by atoms with van der Waals surface area (Å²) in [5.74, 6) is -1.97. The van der Waals surface area contributed by atoms with Crippen LogP contribution in [0.25, 0.3) is 5.57 Å². The summed E-state index contributed by atoms with van der Waals surface area (Å²) in [5, 5.41) is 10.7. The van der Waals surface area contributed by atoms with E-state index in [1.54, 1.807) is 13.3 Å². The molecular formula is C38H52F2N4O5. The molecule has 2 aromatic rings. The topological polar surface area (TPSA) is 126 Å². The number of aliphatic imine (C=N–C) groups is 1. The van der Waals surface area contributed by atoms with Crippen LogP contribution in [0.3, 0.4) is 0 Å². The van der Waals surface area contributed by atoms with Gasteiger partial charge in [0.15, 0.2) is 0 Å². The maximum absolute atomic E-state index is 14.3. The molecule has 0 heterocycles. The summed E-state index contributed by atoms with van der Waals surface area (Å²) in [7, 11) is 1.69. The third-order valence-corrected chi connectivity index (χ3v) is 9.65. The average molecular weight is 683 g/mol. The first-order valence-electron chi connectivity index (χ1n) is 17.4. The lowest BCUT2D eigenvalue weighted by molar-refractivity contribution is -0.124. The highest BCUT2D eigenvalue weighted by atomic mass is 19.3. The van der Waals surface area contributed by atoms with Crippen LogP contribution < -0.4 is 20.7 Å². The van der Waals surface area contributed by atoms with Crippen molar-refractivity contribution in [1.82, 2.24) is 5.32 Å². The zero-order valence-corrected chi connectivity index (χ0v) is 29.2. The minimum absolute atomic E-state index is 0.0321. The van der Waals surface area contributed by atoms with Crippen molar-refractivity contribution >= 4 is 29.5 Å². The van der Waals surface area contributed by atoms with Crippen molar-refractivity contribution < 1.29 is 33.0 Å². The summed E-state index contributed by atoms with van der Waals surface area (Å²) in [4.78, 5) is 32.9. The lowest BCUT2D eigenvalue weighted by Crippen LogP contribution is -2.43. The van der Waals surface area contributed by atoms with Crippen LogP contribution in [0.15, 0.2) is 53.7 Å². The summed E-state index contributed by atoms with van der Waals surface area (Å²) < 4.78 is 37.5. The quantitative estimate of drug-likeness (QED) is 0.195. The minimum atomic E-state index is -3.42. The van der Waals surface area contributed by atoms with Gasteiger partial charge < -0.3 is 30.5 Å². The molecule has 0 bridgehead atoms. The fourth-order valence-electron chi connectivity index (χ4n) is 6.81. The van der Waals surface area contributed by atoms with Gasteiger partial charge in [-0.1, -0.05) is 24.3 Å². The van der Waals surface area contributed by atoms with Gasteiger partial charge in [0.05, 0.1) is 13.7 Å². The van der Waals surface area contributed by atoms with Gasteiger partial charge >= 0.3 is 6.09 Å². The van der Waals surface area contributed by atoms with E-state index in [0.717, 1.165) is 53.8 Å². The Hall–Kier alpha value is -3.99. The molecule has 2 aliphatic rings. The second-order valence-corrected chi connectivity index (χ2v) is 13.7. The van der Waals surface area contributed by atoms with Gasteiger partial charge in [-0.2, -0.15) is 0 Å². The number of anilines is 1. The van der Waals surface area contributed by atoms with Gasteiger partial charge in [0.25, 0.3) is 5.92 Å². The number of nitrogens with zero attached hydrogens (tertiary/aromatic N) is 2. The standard InChI is InChI=1S/C38H52F2N4O5/c1-25(2)42-21-32(20-41)30-6-5-7-33(19-30)44(22-27-8-10-28(11-9-27)31-14-17-35(48-4)26(3)18-31)36(46)29-12-15-34(16-13-29)49-37(47)43-23-38(39,40)24-45/h5-7,14,17-21,25,27-29,34,45H,8-13,15-16,22-24,41H2,1-4H3,(H,43,47)/b32-20+,42-21?. The third-order valence-electron chi connectivity index (χ3n) is 9.65. The zero-order valence-electron chi connectivity index (χ0n) is 29.2. The normalized spacial score (nSPS) is 21.8. The number of aryl methyl sites for hydroxylation is 1. The predicted molar refractivity (Wildman–Crippen MR) is 189 cm³/mol. The van der Waals surface area contributed by atoms with Gasteiger partial charge in [-0.25, -0.2) is 13.6 Å². The number of benzene rings is 2. The lowest BCUT2D eigenvalue weighted by Gasteiger charge is -2.36. The Morgan fingerprint density at radius 2 is 1.80 bits per heavy atom. The first kappa shape index (κ1) is 37.8. The largest absolute Gasteiger partial charge is 0.496 e. The number of aliphatic hydroxyl groups excluding tert-OH is 1. The molecule has 2 amide bonds. The van der Waals surface area contributed by atoms with Gasteiger partial charge in [0.1, 0.15) is 18.5 Å². The molecule has 49 heavy (non-hydrogen) atoms. The molecule has 4 rings (SSSR count). The van der Waals surface area contributed by atoms with E-state index in [2.05, 4.69) is 24.0 Å². The number of rotatable bonds is 13. The van der Waals surface area contributed by atoms with Crippen LogP contribution in [-0.4, -0.2) is 68.2 Å². The molecule has 9 nitrogen and oxygen atoms in total. The molecule has 0 saturated heterocycles. The molecule has 0 aromatic heterocycles. The van der Waals surface area contributed by atoms with E-state index in [0.29, 0.717) is 44.1 Å². The van der Waals surface area contributed by atoms with E-state index in [4.69, 9.17) is 20.3 Å². The molecule has 0 unspecified atom stereocenters. The van der Waals surface area contributed by atoms with Crippen molar-refractivity contribution in [1.29, 1.82) is 0 Å². The number of hydrogen-bond donors (Lipinski definition) is 3. The van der Waals surface area contributed by atoms with Crippen LogP contribution in [0.2, 0.25) is 0 Å². The molecule has 268 valence electrons. The predicted octanol–water partition coefficient (Wildman–Crippen LogP) is 7.00. The molecule has 0 aliphatic heterocycles. The number of carbonyl (C=O) groups is 2. The third kappa shape index (κ3) is 10.7. The van der Waals surface area contributed by atoms with Gasteiger partial charge in [0, 0.05) is 42.2 Å². The van der Waals surface area contributed by atoms with Gasteiger partial charge in [-0.3, -0.25) is 9.79 Å². The van der Waals surface area contributed by atoms with Crippen LogP contribution >= 0.6 is 0 Å². The number of aliphatic hydroxyl groups is 1. The summed E-state index contributed by atoms with van der Waals surface area (Å²) in [6.45, 7) is 4.29. The lowest BCUT2D eigenvalue weighted by atomic mass is 9.78. The molecule has 2 aliphatic carbocycles. The Balaban J connectivity index is 1.46. The highest BCUT2D eigenvalue weighted by molar-refractivity contribution is 6.10. The minimum Gasteiger partial charge on any atom is -0.496 e. The molecule has 11 heteroatoms. The number of alkyl carbamates (subject to hydrolysis) is 1. The van der Waals surface area contributed by atoms with Crippen molar-refractivity contribution in [2.45, 2.75) is 96.1 Å². The molecule has 0 atom stereocenters. The Labute approximate surface area is 288 Å². The molecule has 0 radical (unpaired) electrons. The fraction of sp³-hybridized carbons (Fsp3) is 0.553. The Morgan fingerprint density at radius 3 is 2.41 bits per heavy atom. The van der Waals surface area contributed by atoms with Crippen molar-refractivity contribution in [2.24, 2.45) is 22.6 Å². The molecule has 2 saturated carbocycles. The second kappa shape index (κ2) is 17.6. The van der Waals surface area contributed by atoms with Crippen molar-refractivity contribution in [3.63, 3.8) is 0 Å². The smallest absolute Gasteiger partial charge is 0.407 e. The number of nitrogens with one attached hydrogen (secondary N) is 1. The van der Waals surface area contributed by atoms with Crippen molar-refractivity contribution in [3.05, 3.63) is 65.4 Å². The Bertz CT molecular complexity index is 1460. The van der Waals surface area contributed by atoms with E-state index in [1.807, 2.05) is 54.4 Å². The number of ether oxygens (including phenoxy) is 2. The van der Waals surface area contributed by atoms with Crippen LogP contribution in [0, 0.1) is 18.8 Å². The molecular weight excluding hydrogens is 630 g/mol. The van der Waals surface area contributed by atoms with E-state index < -0.39 is 31.3 Å². The molecule has 0 spiro atoms. The van der Waals surface area contributed by atoms with Crippen molar-refractivity contribution in [3.8, 4) is 5.75 Å². The first-order chi connectivity index (χ1) is 23.4. The number of allylic oxidation sites excluding steroid dienone is 1. The van der Waals surface area contributed by atoms with E-state index in [-0.39, 0.29) is 17.9 Å². The number of alkyl halides is 2. The Kier molecular flexibility index (Phi) is 13.6. The van der Waals surface area contributed by atoms with Crippen molar-refractivity contribution in [2.75, 3.05) is 31.7 Å². The Morgan fingerprint density at radius 1 is 1.08 bits per heavy atom. The second-order valence-electron chi connectivity index (χ2n) is 13.7. The summed E-state index contributed by atoms with van der Waals surface area (Å²) in [5.41, 5.74) is 10.9. The monoisotopic (exact) mass is 682 g/mol. The van der Waals surface area contributed by atoms with Crippen LogP contribution in [0.5, 0.6) is 5.75 Å². The van der Waals surface area contributed by atoms with E-state index in [1.165, 1.54) is 11.8 Å². The zero-order chi connectivity index (χ0) is 35.6. The summed E-state index contributed by atoms with van der Waals surface area (Å²) in [6.07, 6.45) is 7.87. The maximum Gasteiger partial charge on any atom is 0.407 e. The summed E-state index contributed by atoms with van der Waals surface area (Å²) in [6, 6.07) is 14.4. The number of hydrogen-bond acceptors (Lipinski definition) is 7. The van der Waals surface area contributed by atoms with E-state index in [9.17, 15) is 18.4 Å². The highest BCUT2D eigenvalue weighted by Crippen LogP contribution is 2.39. The number of methoxy groups -OCH3 is 1. The molecule has 4 N–H and O–H groups in total. The summed E-state index contributed by atoms with van der Waals surface area (Å²) >= 11 is 0. The molecule has 2 fully saturated rings. The van der Waals surface area contributed by atoms with Crippen LogP contribution in [-0.2, 0) is 9.53 Å². The SMILES string of the molecule is COc1ccc(C2CCC(CN(C(=O)C3CCC(OC(=O)NCC(F)(F)CO)CC3)c3cccc(/C(C=NC(C)C)=C/N)c3)CC2)cc1C. The van der Waals surface area contributed by atoms with Crippen LogP contribution in [0.1, 0.15) is 87.8 Å². The van der Waals surface area contributed by atoms with E-state index >= 15 is 0 Å².